The third-order valence-corrected chi connectivity index (χ3v) is 8.90. The van der Waals surface area contributed by atoms with Crippen molar-refractivity contribution in [1.29, 1.82) is 0 Å². The summed E-state index contributed by atoms with van der Waals surface area (Å²) in [6.07, 6.45) is 0. The van der Waals surface area contributed by atoms with Crippen LogP contribution in [-0.2, 0) is 11.8 Å². The van der Waals surface area contributed by atoms with E-state index in [1.807, 2.05) is 25.5 Å². The number of hydrogen-bond acceptors (Lipinski definition) is 2. The summed E-state index contributed by atoms with van der Waals surface area (Å²) in [7, 11) is 4.10. The van der Waals surface area contributed by atoms with E-state index in [2.05, 4.69) is 9.76 Å². The lowest BCUT2D eigenvalue weighted by atomic mass is 10.8. The molecule has 1 N–H and O–H groups in total. The molecular weight excluding hydrogens is 171 g/mol. The molecular formula is C4H11N2PS2. The van der Waals surface area contributed by atoms with E-state index in [0.29, 0.717) is 0 Å². The highest BCUT2D eigenvalue weighted by molar-refractivity contribution is 8.69. The van der Waals surface area contributed by atoms with Crippen molar-refractivity contribution in [1.82, 2.24) is 9.76 Å². The average molecular weight is 182 g/mol. The molecule has 0 aromatic rings. The fourth-order valence-corrected chi connectivity index (χ4v) is 5.45. The van der Waals surface area contributed by atoms with Gasteiger partial charge in [0.2, 0.25) is 0 Å². The molecule has 0 saturated carbocycles. The first-order valence-electron chi connectivity index (χ1n) is 2.83. The molecule has 0 aliphatic carbocycles. The Balaban J connectivity index is 2.62. The summed E-state index contributed by atoms with van der Waals surface area (Å²) >= 11 is 7.27. The van der Waals surface area contributed by atoms with Crippen LogP contribution in [0.2, 0.25) is 0 Å². The fourth-order valence-electron chi connectivity index (χ4n) is 0.659. The van der Waals surface area contributed by atoms with Gasteiger partial charge in [0.1, 0.15) is 5.54 Å². The van der Waals surface area contributed by atoms with E-state index in [1.54, 1.807) is 0 Å². The Morgan fingerprint density at radius 2 is 2.33 bits per heavy atom. The lowest BCUT2D eigenvalue weighted by Crippen LogP contribution is -2.14. The summed E-state index contributed by atoms with van der Waals surface area (Å²) in [4.78, 5) is 0. The van der Waals surface area contributed by atoms with Gasteiger partial charge in [0.05, 0.1) is 0 Å². The predicted molar refractivity (Wildman–Crippen MR) is 48.4 cm³/mol. The standard InChI is InChI=1S/C4H11N2PS2/c1-6(2)7(8)5-3-4-9-7/h3-4H2,1-2H3,(H,5,8). The zero-order valence-corrected chi connectivity index (χ0v) is 8.15. The monoisotopic (exact) mass is 182 g/mol. The lowest BCUT2D eigenvalue weighted by molar-refractivity contribution is 0.675. The van der Waals surface area contributed by atoms with E-state index in [1.165, 1.54) is 5.75 Å². The Morgan fingerprint density at radius 1 is 1.67 bits per heavy atom. The van der Waals surface area contributed by atoms with Crippen molar-refractivity contribution < 1.29 is 0 Å². The Hall–Kier alpha value is 0.920. The van der Waals surface area contributed by atoms with Crippen molar-refractivity contribution in [3.63, 3.8) is 0 Å². The summed E-state index contributed by atoms with van der Waals surface area (Å²) in [5, 5.41) is 3.35. The molecule has 1 aliphatic heterocycles. The second-order valence-corrected chi connectivity index (χ2v) is 9.57. The van der Waals surface area contributed by atoms with Gasteiger partial charge in [0, 0.05) is 12.3 Å². The molecule has 0 amide bonds. The zero-order chi connectivity index (χ0) is 6.91. The number of nitrogens with zero attached hydrogens (tertiary/aromatic N) is 1. The van der Waals surface area contributed by atoms with Gasteiger partial charge in [-0.3, -0.25) is 9.76 Å². The maximum Gasteiger partial charge on any atom is 0.129 e. The van der Waals surface area contributed by atoms with E-state index >= 15 is 0 Å². The average Bonchev–Trinajstić information content (AvgIpc) is 2.16. The highest BCUT2D eigenvalue weighted by Crippen LogP contribution is 2.59. The third kappa shape index (κ3) is 1.69. The summed E-state index contributed by atoms with van der Waals surface area (Å²) in [6.45, 7) is 1.08. The number of nitrogens with one attached hydrogen (secondary N) is 1. The van der Waals surface area contributed by atoms with Crippen LogP contribution >= 0.6 is 16.9 Å². The van der Waals surface area contributed by atoms with Crippen LogP contribution in [0.5, 0.6) is 0 Å². The summed E-state index contributed by atoms with van der Waals surface area (Å²) < 4.78 is 2.14. The van der Waals surface area contributed by atoms with Gasteiger partial charge < -0.3 is 0 Å². The van der Waals surface area contributed by atoms with Gasteiger partial charge in [0.15, 0.2) is 0 Å². The van der Waals surface area contributed by atoms with Gasteiger partial charge in [-0.05, 0) is 14.1 Å². The second-order valence-electron chi connectivity index (χ2n) is 2.11. The fraction of sp³-hybridized carbons (Fsp3) is 1.00. The maximum atomic E-state index is 5.38. The first-order chi connectivity index (χ1) is 4.15. The molecule has 1 aliphatic rings. The molecule has 1 unspecified atom stereocenters. The SMILES string of the molecule is CN(C)P1(=S)NCCS1. The van der Waals surface area contributed by atoms with Gasteiger partial charge in [-0.25, -0.2) is 0 Å². The molecule has 0 aromatic carbocycles. The van der Waals surface area contributed by atoms with Crippen LogP contribution < -0.4 is 5.09 Å². The van der Waals surface area contributed by atoms with Crippen molar-refractivity contribution in [2.24, 2.45) is 0 Å². The van der Waals surface area contributed by atoms with Crippen LogP contribution in [0.4, 0.5) is 0 Å². The van der Waals surface area contributed by atoms with Crippen LogP contribution in [0.1, 0.15) is 0 Å². The smallest absolute Gasteiger partial charge is 0.129 e. The summed E-state index contributed by atoms with van der Waals surface area (Å²) in [5.74, 6) is 1.18. The molecule has 9 heavy (non-hydrogen) atoms. The largest absolute Gasteiger partial charge is 0.268 e. The first kappa shape index (κ1) is 8.02. The first-order valence-corrected chi connectivity index (χ1v) is 7.17. The predicted octanol–water partition coefficient (Wildman–Crippen LogP) is 1.11. The Kier molecular flexibility index (Phi) is 2.57. The van der Waals surface area contributed by atoms with Crippen molar-refractivity contribution in [3.05, 3.63) is 0 Å². The Labute approximate surface area is 65.2 Å². The van der Waals surface area contributed by atoms with Crippen molar-refractivity contribution in [2.45, 2.75) is 0 Å². The Morgan fingerprint density at radius 3 is 2.56 bits per heavy atom. The molecule has 1 saturated heterocycles. The van der Waals surface area contributed by atoms with Crippen LogP contribution in [0, 0.1) is 0 Å². The van der Waals surface area contributed by atoms with Crippen molar-refractivity contribution in [2.75, 3.05) is 26.4 Å². The minimum absolute atomic E-state index is 1.08. The molecule has 2 nitrogen and oxygen atoms in total. The van der Waals surface area contributed by atoms with Crippen molar-refractivity contribution >= 4 is 28.7 Å². The van der Waals surface area contributed by atoms with Crippen LogP contribution in [0.25, 0.3) is 0 Å². The van der Waals surface area contributed by atoms with Gasteiger partial charge >= 0.3 is 0 Å². The molecule has 1 fully saturated rings. The highest BCUT2D eigenvalue weighted by atomic mass is 32.9. The van der Waals surface area contributed by atoms with E-state index in [9.17, 15) is 0 Å². The van der Waals surface area contributed by atoms with Gasteiger partial charge in [-0.15, -0.1) is 0 Å². The Bertz CT molecular complexity index is 138. The molecule has 54 valence electrons. The van der Waals surface area contributed by atoms with E-state index < -0.39 is 5.54 Å². The van der Waals surface area contributed by atoms with E-state index in [4.69, 9.17) is 11.8 Å². The van der Waals surface area contributed by atoms with Gasteiger partial charge in [-0.2, -0.15) is 0 Å². The third-order valence-electron chi connectivity index (χ3n) is 1.21. The molecule has 1 rings (SSSR count). The van der Waals surface area contributed by atoms with Gasteiger partial charge in [0.25, 0.3) is 0 Å². The van der Waals surface area contributed by atoms with Crippen LogP contribution in [0.3, 0.4) is 0 Å². The molecule has 0 bridgehead atoms. The van der Waals surface area contributed by atoms with Crippen molar-refractivity contribution in [3.8, 4) is 0 Å². The molecule has 0 radical (unpaired) electrons. The number of hydrogen-bond donors (Lipinski definition) is 1. The minimum Gasteiger partial charge on any atom is -0.268 e. The number of rotatable bonds is 1. The zero-order valence-electron chi connectivity index (χ0n) is 5.63. The highest BCUT2D eigenvalue weighted by Gasteiger charge is 2.24. The van der Waals surface area contributed by atoms with E-state index in [-0.39, 0.29) is 0 Å². The second kappa shape index (κ2) is 2.89. The summed E-state index contributed by atoms with van der Waals surface area (Å²) in [6, 6.07) is 0. The maximum absolute atomic E-state index is 5.38. The molecule has 1 heterocycles. The van der Waals surface area contributed by atoms with Gasteiger partial charge in [-0.1, -0.05) is 23.2 Å². The van der Waals surface area contributed by atoms with Crippen LogP contribution in [-0.4, -0.2) is 31.1 Å². The normalized spacial score (nSPS) is 35.9. The minimum atomic E-state index is -1.31. The van der Waals surface area contributed by atoms with Crippen LogP contribution in [0.15, 0.2) is 0 Å². The summed E-state index contributed by atoms with van der Waals surface area (Å²) in [5.41, 5.74) is -1.31. The van der Waals surface area contributed by atoms with E-state index in [0.717, 1.165) is 6.54 Å². The topological polar surface area (TPSA) is 15.3 Å². The molecule has 0 spiro atoms. The quantitative estimate of drug-likeness (QED) is 0.611. The lowest BCUT2D eigenvalue weighted by Gasteiger charge is -2.22. The molecule has 0 aromatic heterocycles. The molecule has 1 atom stereocenters. The molecule has 5 heteroatoms.